The number of anilines is 3. The molecule has 1 aliphatic heterocycles. The Labute approximate surface area is 254 Å². The maximum absolute atomic E-state index is 14.0. The van der Waals surface area contributed by atoms with E-state index in [1.54, 1.807) is 6.20 Å². The van der Waals surface area contributed by atoms with E-state index in [9.17, 15) is 13.2 Å². The van der Waals surface area contributed by atoms with Gasteiger partial charge in [0, 0.05) is 53.5 Å². The van der Waals surface area contributed by atoms with Crippen LogP contribution in [0.3, 0.4) is 0 Å². The van der Waals surface area contributed by atoms with Crippen LogP contribution in [-0.4, -0.2) is 52.2 Å². The molecule has 0 saturated carbocycles. The van der Waals surface area contributed by atoms with Crippen LogP contribution in [0.1, 0.15) is 50.2 Å². The van der Waals surface area contributed by atoms with E-state index in [1.165, 1.54) is 35.3 Å². The van der Waals surface area contributed by atoms with Gasteiger partial charge in [-0.3, -0.25) is 14.3 Å². The molecule has 1 saturated heterocycles. The van der Waals surface area contributed by atoms with Gasteiger partial charge in [0.15, 0.2) is 0 Å². The van der Waals surface area contributed by atoms with Gasteiger partial charge in [-0.1, -0.05) is 19.0 Å². The van der Waals surface area contributed by atoms with Crippen molar-refractivity contribution in [3.8, 4) is 0 Å². The van der Waals surface area contributed by atoms with Gasteiger partial charge < -0.3 is 20.5 Å². The molecule has 13 heteroatoms. The highest BCUT2D eigenvalue weighted by Crippen LogP contribution is 2.27. The fraction of sp³-hybridized carbons (Fsp3) is 0.323. The van der Waals surface area contributed by atoms with Gasteiger partial charge in [0.25, 0.3) is 10.7 Å². The van der Waals surface area contributed by atoms with Gasteiger partial charge in [-0.25, -0.2) is 13.4 Å². The van der Waals surface area contributed by atoms with E-state index >= 15 is 0 Å². The van der Waals surface area contributed by atoms with Crippen molar-refractivity contribution in [3.63, 3.8) is 0 Å². The number of rotatable bonds is 11. The zero-order chi connectivity index (χ0) is 30.7. The second-order valence-corrected chi connectivity index (χ2v) is 12.7. The second kappa shape index (κ2) is 12.5. The normalized spacial score (nSPS) is 15.2. The van der Waals surface area contributed by atoms with Crippen LogP contribution in [0, 0.1) is 0 Å². The molecule has 1 fully saturated rings. The summed E-state index contributed by atoms with van der Waals surface area (Å²) in [5, 5.41) is 14.2. The molecule has 228 valence electrons. The molecule has 4 aromatic heterocycles. The van der Waals surface area contributed by atoms with Crippen LogP contribution in [0.15, 0.2) is 86.6 Å². The Morgan fingerprint density at radius 3 is 2.52 bits per heavy atom. The molecule has 1 atom stereocenters. The van der Waals surface area contributed by atoms with E-state index in [4.69, 9.17) is 9.51 Å². The third-order valence-electron chi connectivity index (χ3n) is 7.99. The van der Waals surface area contributed by atoms with E-state index < -0.39 is 9.84 Å². The first kappa shape index (κ1) is 29.5. The van der Waals surface area contributed by atoms with E-state index in [0.29, 0.717) is 28.6 Å². The number of hydrogen-bond acceptors (Lipinski definition) is 11. The molecule has 5 heterocycles. The molecule has 5 aromatic rings. The van der Waals surface area contributed by atoms with Crippen molar-refractivity contribution >= 4 is 38.2 Å². The molecule has 1 aromatic carbocycles. The monoisotopic (exact) mass is 614 g/mol. The highest BCUT2D eigenvalue weighted by Gasteiger charge is 2.28. The van der Waals surface area contributed by atoms with Crippen LogP contribution < -0.4 is 21.5 Å². The van der Waals surface area contributed by atoms with Crippen molar-refractivity contribution < 1.29 is 12.9 Å². The number of nitrogens with zero attached hydrogens (tertiary/aromatic N) is 5. The summed E-state index contributed by atoms with van der Waals surface area (Å²) in [5.74, 6) is 0.321. The Morgan fingerprint density at radius 2 is 1.82 bits per heavy atom. The van der Waals surface area contributed by atoms with E-state index in [2.05, 4.69) is 31.1 Å². The summed E-state index contributed by atoms with van der Waals surface area (Å²) < 4.78 is 33.6. The number of fused-ring (bicyclic) bond motifs is 1. The van der Waals surface area contributed by atoms with Gasteiger partial charge in [-0.2, -0.15) is 4.98 Å². The zero-order valence-electron chi connectivity index (χ0n) is 24.5. The Bertz CT molecular complexity index is 1910. The van der Waals surface area contributed by atoms with Crippen LogP contribution in [0.4, 0.5) is 17.3 Å². The summed E-state index contributed by atoms with van der Waals surface area (Å²) in [6.45, 7) is 5.92. The third-order valence-corrected chi connectivity index (χ3v) is 9.71. The molecular weight excluding hydrogens is 580 g/mol. The Morgan fingerprint density at radius 1 is 1.07 bits per heavy atom. The first-order chi connectivity index (χ1) is 21.4. The van der Waals surface area contributed by atoms with Crippen LogP contribution in [-0.2, 0) is 16.4 Å². The standard InChI is InChI=1S/C31H34N8O4S/c1-3-20(4-2)27-15-21-16-34-31(37-24-7-5-23(6-8-24)36-25-9-12-33-18-25)38-28(21)39(29(27)40)19-22-17-35-43-30(22)44(41,42)26-10-13-32-14-11-26/h5-8,10-11,13-17,20,25,33,36H,3-4,9,12,18-19H2,1-2H3,(H,34,37,38). The van der Waals surface area contributed by atoms with Crippen LogP contribution in [0.25, 0.3) is 11.0 Å². The van der Waals surface area contributed by atoms with Gasteiger partial charge in [0.2, 0.25) is 15.8 Å². The predicted octanol–water partition coefficient (Wildman–Crippen LogP) is 4.48. The summed E-state index contributed by atoms with van der Waals surface area (Å²) in [7, 11) is -4.05. The number of benzene rings is 1. The third kappa shape index (κ3) is 5.92. The molecule has 1 unspecified atom stereocenters. The quantitative estimate of drug-likeness (QED) is 0.193. The molecule has 0 spiro atoms. The van der Waals surface area contributed by atoms with Crippen molar-refractivity contribution in [2.24, 2.45) is 0 Å². The summed E-state index contributed by atoms with van der Waals surface area (Å²) >= 11 is 0. The lowest BCUT2D eigenvalue weighted by molar-refractivity contribution is 0.336. The van der Waals surface area contributed by atoms with Crippen molar-refractivity contribution in [1.82, 2.24) is 30.0 Å². The lowest BCUT2D eigenvalue weighted by Gasteiger charge is -2.17. The van der Waals surface area contributed by atoms with Crippen LogP contribution in [0.2, 0.25) is 0 Å². The number of sulfone groups is 1. The van der Waals surface area contributed by atoms with Crippen LogP contribution in [0.5, 0.6) is 0 Å². The number of pyridine rings is 2. The average Bonchev–Trinajstić information content (AvgIpc) is 3.74. The van der Waals surface area contributed by atoms with Gasteiger partial charge in [0.05, 0.1) is 23.2 Å². The molecule has 44 heavy (non-hydrogen) atoms. The van der Waals surface area contributed by atoms with Gasteiger partial charge in [-0.05, 0) is 74.2 Å². The maximum Gasteiger partial charge on any atom is 0.260 e. The lowest BCUT2D eigenvalue weighted by Crippen LogP contribution is -2.27. The maximum atomic E-state index is 14.0. The van der Waals surface area contributed by atoms with E-state index in [-0.39, 0.29) is 33.6 Å². The minimum atomic E-state index is -4.05. The van der Waals surface area contributed by atoms with E-state index in [0.717, 1.165) is 43.7 Å². The minimum absolute atomic E-state index is 0.0171. The number of aromatic nitrogens is 5. The fourth-order valence-electron chi connectivity index (χ4n) is 5.57. The molecule has 12 nitrogen and oxygen atoms in total. The van der Waals surface area contributed by atoms with Gasteiger partial charge in [-0.15, -0.1) is 0 Å². The first-order valence-corrected chi connectivity index (χ1v) is 16.2. The Hall–Kier alpha value is -4.62. The largest absolute Gasteiger partial charge is 0.381 e. The van der Waals surface area contributed by atoms with Crippen molar-refractivity contribution in [1.29, 1.82) is 0 Å². The minimum Gasteiger partial charge on any atom is -0.381 e. The zero-order valence-corrected chi connectivity index (χ0v) is 25.3. The summed E-state index contributed by atoms with van der Waals surface area (Å²) in [6, 6.07) is 12.9. The highest BCUT2D eigenvalue weighted by molar-refractivity contribution is 7.91. The topological polar surface area (TPSA) is 157 Å². The molecule has 0 amide bonds. The fourth-order valence-corrected chi connectivity index (χ4v) is 6.87. The average molecular weight is 615 g/mol. The Balaban J connectivity index is 1.37. The SMILES string of the molecule is CCC(CC)c1cc2cnc(Nc3ccc(NC4CCNC4)cc3)nc2n(Cc2cnoc2S(=O)(=O)c2ccncc2)c1=O. The highest BCUT2D eigenvalue weighted by atomic mass is 32.2. The second-order valence-electron chi connectivity index (χ2n) is 10.8. The van der Waals surface area contributed by atoms with Crippen molar-refractivity contribution in [3.05, 3.63) is 88.7 Å². The van der Waals surface area contributed by atoms with Crippen molar-refractivity contribution in [2.75, 3.05) is 23.7 Å². The first-order valence-electron chi connectivity index (χ1n) is 14.7. The summed E-state index contributed by atoms with van der Waals surface area (Å²) in [6.07, 6.45) is 8.41. The molecule has 0 bridgehead atoms. The van der Waals surface area contributed by atoms with Gasteiger partial charge in [0.1, 0.15) is 5.65 Å². The number of nitrogens with one attached hydrogen (secondary N) is 3. The molecule has 1 aliphatic rings. The molecular formula is C31H34N8O4S. The summed E-state index contributed by atoms with van der Waals surface area (Å²) in [4.78, 5) is 27.2. The van der Waals surface area contributed by atoms with Gasteiger partial charge >= 0.3 is 0 Å². The van der Waals surface area contributed by atoms with Crippen molar-refractivity contribution in [2.45, 2.75) is 61.6 Å². The Kier molecular flexibility index (Phi) is 8.40. The molecule has 0 radical (unpaired) electrons. The van der Waals surface area contributed by atoms with E-state index in [1.807, 2.05) is 44.2 Å². The predicted molar refractivity (Wildman–Crippen MR) is 167 cm³/mol. The lowest BCUT2D eigenvalue weighted by atomic mass is 9.94. The smallest absolute Gasteiger partial charge is 0.260 e. The number of hydrogen-bond donors (Lipinski definition) is 3. The summed E-state index contributed by atoms with van der Waals surface area (Å²) in [5.41, 5.74) is 2.79. The molecule has 0 aliphatic carbocycles. The van der Waals surface area contributed by atoms with Crippen LogP contribution >= 0.6 is 0 Å². The molecule has 6 rings (SSSR count). The molecule has 3 N–H and O–H groups in total.